The molecule has 1 fully saturated rings. The molecule has 2 rings (SSSR count). The number of hydrogen-bond acceptors (Lipinski definition) is 4. The van der Waals surface area contributed by atoms with E-state index in [1.807, 2.05) is 25.7 Å². The normalized spacial score (nSPS) is 18.8. The summed E-state index contributed by atoms with van der Waals surface area (Å²) in [6.45, 7) is 8.09. The van der Waals surface area contributed by atoms with Crippen LogP contribution in [-0.4, -0.2) is 50.1 Å². The van der Waals surface area contributed by atoms with Crippen molar-refractivity contribution in [1.29, 1.82) is 0 Å². The number of hydrogen-bond donors (Lipinski definition) is 1. The van der Waals surface area contributed by atoms with E-state index in [1.54, 1.807) is 11.0 Å². The Labute approximate surface area is 131 Å². The van der Waals surface area contributed by atoms with E-state index >= 15 is 0 Å². The van der Waals surface area contributed by atoms with E-state index in [2.05, 4.69) is 15.4 Å². The molecular weight excluding hydrogens is 282 g/mol. The first-order valence-corrected chi connectivity index (χ1v) is 7.76. The molecule has 0 bridgehead atoms. The second-order valence-corrected chi connectivity index (χ2v) is 6.81. The molecule has 2 amide bonds. The Morgan fingerprint density at radius 3 is 2.82 bits per heavy atom. The van der Waals surface area contributed by atoms with Gasteiger partial charge in [0.05, 0.1) is 0 Å². The summed E-state index contributed by atoms with van der Waals surface area (Å²) in [7, 11) is 0. The predicted molar refractivity (Wildman–Crippen MR) is 81.8 cm³/mol. The molecular formula is C15H25N5O2. The van der Waals surface area contributed by atoms with E-state index in [1.165, 1.54) is 6.33 Å². The zero-order valence-electron chi connectivity index (χ0n) is 13.6. The number of carbonyl (C=O) groups excluding carboxylic acids is 2. The number of carbonyl (C=O) groups is 2. The molecule has 0 spiro atoms. The molecule has 7 heteroatoms. The summed E-state index contributed by atoms with van der Waals surface area (Å²) in [4.78, 5) is 29.6. The lowest BCUT2D eigenvalue weighted by Crippen LogP contribution is -2.42. The molecule has 1 N–H and O–H groups in total. The second kappa shape index (κ2) is 6.89. The third-order valence-corrected chi connectivity index (χ3v) is 3.86. The predicted octanol–water partition coefficient (Wildman–Crippen LogP) is 0.821. The number of amides is 2. The van der Waals surface area contributed by atoms with Gasteiger partial charge >= 0.3 is 0 Å². The number of likely N-dealkylation sites (tertiary alicyclic amines) is 1. The Balaban J connectivity index is 1.65. The fourth-order valence-corrected chi connectivity index (χ4v) is 2.66. The molecule has 2 heterocycles. The third-order valence-electron chi connectivity index (χ3n) is 3.86. The summed E-state index contributed by atoms with van der Waals surface area (Å²) in [5, 5.41) is 6.93. The fraction of sp³-hybridized carbons (Fsp3) is 0.733. The molecule has 0 aromatic carbocycles. The molecule has 1 aromatic rings. The number of aryl methyl sites for hydroxylation is 1. The van der Waals surface area contributed by atoms with Crippen LogP contribution in [0.2, 0.25) is 0 Å². The van der Waals surface area contributed by atoms with Gasteiger partial charge in [-0.3, -0.25) is 14.3 Å². The first-order chi connectivity index (χ1) is 10.4. The largest absolute Gasteiger partial charge is 0.356 e. The summed E-state index contributed by atoms with van der Waals surface area (Å²) in [6.07, 6.45) is 4.84. The molecule has 1 aromatic heterocycles. The molecule has 7 nitrogen and oxygen atoms in total. The lowest BCUT2D eigenvalue weighted by Gasteiger charge is -2.32. The molecule has 0 aliphatic carbocycles. The monoisotopic (exact) mass is 307 g/mol. The SMILES string of the molecule is CC(C)(C)N1C[C@H](CNC(=O)CCCn2cncn2)CC1=O. The van der Waals surface area contributed by atoms with Crippen LogP contribution in [0.5, 0.6) is 0 Å². The summed E-state index contributed by atoms with van der Waals surface area (Å²) in [5.74, 6) is 0.422. The standard InChI is InChI=1S/C15H25N5O2/c1-15(2,3)20-9-12(7-14(20)22)8-17-13(21)5-4-6-19-11-16-10-18-19/h10-12H,4-9H2,1-3H3,(H,17,21)/t12-/m0/s1. The zero-order chi connectivity index (χ0) is 16.2. The molecule has 0 radical (unpaired) electrons. The maximum atomic E-state index is 12.0. The van der Waals surface area contributed by atoms with Gasteiger partial charge in [0.1, 0.15) is 12.7 Å². The van der Waals surface area contributed by atoms with E-state index in [0.29, 0.717) is 25.9 Å². The van der Waals surface area contributed by atoms with E-state index in [9.17, 15) is 9.59 Å². The summed E-state index contributed by atoms with van der Waals surface area (Å²) < 4.78 is 1.71. The minimum absolute atomic E-state index is 0.0294. The van der Waals surface area contributed by atoms with Gasteiger partial charge in [0.15, 0.2) is 0 Å². The van der Waals surface area contributed by atoms with Crippen LogP contribution < -0.4 is 5.32 Å². The van der Waals surface area contributed by atoms with Crippen LogP contribution in [0.3, 0.4) is 0 Å². The highest BCUT2D eigenvalue weighted by Gasteiger charge is 2.35. The lowest BCUT2D eigenvalue weighted by molar-refractivity contribution is -0.131. The van der Waals surface area contributed by atoms with Crippen LogP contribution in [-0.2, 0) is 16.1 Å². The zero-order valence-corrected chi connectivity index (χ0v) is 13.6. The van der Waals surface area contributed by atoms with Gasteiger partial charge in [-0.2, -0.15) is 5.10 Å². The average molecular weight is 307 g/mol. The quantitative estimate of drug-likeness (QED) is 0.844. The van der Waals surface area contributed by atoms with Crippen molar-refractivity contribution in [3.63, 3.8) is 0 Å². The van der Waals surface area contributed by atoms with Crippen LogP contribution >= 0.6 is 0 Å². The minimum Gasteiger partial charge on any atom is -0.356 e. The highest BCUT2D eigenvalue weighted by molar-refractivity contribution is 5.80. The van der Waals surface area contributed by atoms with Crippen molar-refractivity contribution in [1.82, 2.24) is 25.0 Å². The van der Waals surface area contributed by atoms with Crippen molar-refractivity contribution in [2.24, 2.45) is 5.92 Å². The van der Waals surface area contributed by atoms with Crippen LogP contribution in [0.4, 0.5) is 0 Å². The van der Waals surface area contributed by atoms with Gasteiger partial charge in [-0.25, -0.2) is 4.98 Å². The lowest BCUT2D eigenvalue weighted by atomic mass is 10.1. The van der Waals surface area contributed by atoms with Crippen LogP contribution in [0.25, 0.3) is 0 Å². The molecule has 122 valence electrons. The van der Waals surface area contributed by atoms with Crippen molar-refractivity contribution >= 4 is 11.8 Å². The molecule has 0 unspecified atom stereocenters. The number of nitrogens with zero attached hydrogens (tertiary/aromatic N) is 4. The van der Waals surface area contributed by atoms with Crippen LogP contribution in [0, 0.1) is 5.92 Å². The Hall–Kier alpha value is -1.92. The van der Waals surface area contributed by atoms with Gasteiger partial charge < -0.3 is 10.2 Å². The molecule has 0 saturated carbocycles. The van der Waals surface area contributed by atoms with Gasteiger partial charge in [-0.1, -0.05) is 0 Å². The molecule has 1 saturated heterocycles. The summed E-state index contributed by atoms with van der Waals surface area (Å²) in [6, 6.07) is 0. The molecule has 22 heavy (non-hydrogen) atoms. The third kappa shape index (κ3) is 4.54. The highest BCUT2D eigenvalue weighted by atomic mass is 16.2. The van der Waals surface area contributed by atoms with Crippen molar-refractivity contribution in [2.75, 3.05) is 13.1 Å². The van der Waals surface area contributed by atoms with E-state index in [0.717, 1.165) is 13.0 Å². The average Bonchev–Trinajstić information content (AvgIpc) is 3.05. The Morgan fingerprint density at radius 1 is 1.45 bits per heavy atom. The molecule has 1 atom stereocenters. The van der Waals surface area contributed by atoms with Crippen molar-refractivity contribution in [2.45, 2.75) is 52.1 Å². The Bertz CT molecular complexity index is 507. The van der Waals surface area contributed by atoms with E-state index in [4.69, 9.17) is 0 Å². The van der Waals surface area contributed by atoms with Crippen molar-refractivity contribution < 1.29 is 9.59 Å². The van der Waals surface area contributed by atoms with Crippen LogP contribution in [0.15, 0.2) is 12.7 Å². The number of aromatic nitrogens is 3. The van der Waals surface area contributed by atoms with Crippen LogP contribution in [0.1, 0.15) is 40.0 Å². The Morgan fingerprint density at radius 2 is 2.23 bits per heavy atom. The van der Waals surface area contributed by atoms with Crippen molar-refractivity contribution in [3.05, 3.63) is 12.7 Å². The van der Waals surface area contributed by atoms with Gasteiger partial charge in [0.2, 0.25) is 11.8 Å². The molecule has 1 aliphatic heterocycles. The van der Waals surface area contributed by atoms with Gasteiger partial charge in [-0.05, 0) is 27.2 Å². The van der Waals surface area contributed by atoms with E-state index in [-0.39, 0.29) is 23.3 Å². The topological polar surface area (TPSA) is 80.1 Å². The smallest absolute Gasteiger partial charge is 0.223 e. The Kier molecular flexibility index (Phi) is 5.15. The van der Waals surface area contributed by atoms with Gasteiger partial charge in [0, 0.05) is 43.9 Å². The fourth-order valence-electron chi connectivity index (χ4n) is 2.66. The molecule has 1 aliphatic rings. The number of nitrogens with one attached hydrogen (secondary N) is 1. The summed E-state index contributed by atoms with van der Waals surface area (Å²) in [5.41, 5.74) is -0.145. The maximum Gasteiger partial charge on any atom is 0.223 e. The highest BCUT2D eigenvalue weighted by Crippen LogP contribution is 2.25. The first-order valence-electron chi connectivity index (χ1n) is 7.76. The van der Waals surface area contributed by atoms with Gasteiger partial charge in [0.25, 0.3) is 0 Å². The van der Waals surface area contributed by atoms with E-state index < -0.39 is 0 Å². The van der Waals surface area contributed by atoms with Crippen molar-refractivity contribution in [3.8, 4) is 0 Å². The first kappa shape index (κ1) is 16.5. The second-order valence-electron chi connectivity index (χ2n) is 6.81. The number of rotatable bonds is 6. The minimum atomic E-state index is -0.145. The summed E-state index contributed by atoms with van der Waals surface area (Å²) >= 11 is 0. The van der Waals surface area contributed by atoms with Gasteiger partial charge in [-0.15, -0.1) is 0 Å². The maximum absolute atomic E-state index is 12.0.